The number of nitrogens with one attached hydrogen (secondary N) is 1. The van der Waals surface area contributed by atoms with Crippen LogP contribution in [0, 0.1) is 0 Å². The molecule has 1 N–H and O–H groups in total. The van der Waals surface area contributed by atoms with Crippen LogP contribution in [0.3, 0.4) is 0 Å². The summed E-state index contributed by atoms with van der Waals surface area (Å²) in [4.78, 5) is 0. The Labute approximate surface area is 117 Å². The molecule has 1 atom stereocenters. The molecule has 1 unspecified atom stereocenters. The van der Waals surface area contributed by atoms with E-state index in [4.69, 9.17) is 9.47 Å². The lowest BCUT2D eigenvalue weighted by atomic mass is 10.1. The van der Waals surface area contributed by atoms with Crippen molar-refractivity contribution in [2.24, 2.45) is 0 Å². The number of halogens is 1. The van der Waals surface area contributed by atoms with Gasteiger partial charge in [0.2, 0.25) is 0 Å². The van der Waals surface area contributed by atoms with Crippen molar-refractivity contribution in [2.75, 3.05) is 26.3 Å². The normalized spacial score (nSPS) is 17.4. The molecular weight excluding hydrogens is 294 g/mol. The SMILES string of the molecule is CCCNCC(OC1COC1)c1cccc(Br)c1. The predicted octanol–water partition coefficient (Wildman–Crippen LogP) is 2.91. The molecule has 0 amide bonds. The van der Waals surface area contributed by atoms with Crippen LogP contribution in [0.15, 0.2) is 28.7 Å². The van der Waals surface area contributed by atoms with E-state index >= 15 is 0 Å². The van der Waals surface area contributed by atoms with Gasteiger partial charge in [-0.25, -0.2) is 0 Å². The van der Waals surface area contributed by atoms with Crippen LogP contribution in [0.4, 0.5) is 0 Å². The minimum absolute atomic E-state index is 0.1000. The maximum atomic E-state index is 6.07. The molecular formula is C14H20BrNO2. The van der Waals surface area contributed by atoms with E-state index in [1.54, 1.807) is 0 Å². The van der Waals surface area contributed by atoms with Gasteiger partial charge in [-0.1, -0.05) is 35.0 Å². The molecule has 0 radical (unpaired) electrons. The summed E-state index contributed by atoms with van der Waals surface area (Å²) in [7, 11) is 0. The summed E-state index contributed by atoms with van der Waals surface area (Å²) in [5.74, 6) is 0. The average molecular weight is 314 g/mol. The first-order valence-corrected chi connectivity index (χ1v) is 7.28. The van der Waals surface area contributed by atoms with Gasteiger partial charge >= 0.3 is 0 Å². The van der Waals surface area contributed by atoms with Crippen molar-refractivity contribution in [3.8, 4) is 0 Å². The average Bonchev–Trinajstić information content (AvgIpc) is 2.31. The van der Waals surface area contributed by atoms with E-state index in [-0.39, 0.29) is 12.2 Å². The molecule has 100 valence electrons. The molecule has 2 rings (SSSR count). The lowest BCUT2D eigenvalue weighted by molar-refractivity contribution is -0.155. The first-order valence-electron chi connectivity index (χ1n) is 6.49. The summed E-state index contributed by atoms with van der Waals surface area (Å²) in [5, 5.41) is 3.43. The van der Waals surface area contributed by atoms with Gasteiger partial charge in [0.1, 0.15) is 6.10 Å². The summed E-state index contributed by atoms with van der Waals surface area (Å²) in [6, 6.07) is 8.32. The third-order valence-electron chi connectivity index (χ3n) is 2.94. The van der Waals surface area contributed by atoms with Gasteiger partial charge in [0.15, 0.2) is 0 Å². The van der Waals surface area contributed by atoms with Crippen molar-refractivity contribution in [3.05, 3.63) is 34.3 Å². The van der Waals surface area contributed by atoms with Crippen molar-refractivity contribution in [1.29, 1.82) is 0 Å². The topological polar surface area (TPSA) is 30.5 Å². The van der Waals surface area contributed by atoms with Crippen LogP contribution in [-0.2, 0) is 9.47 Å². The Balaban J connectivity index is 1.97. The molecule has 1 aliphatic heterocycles. The van der Waals surface area contributed by atoms with E-state index in [2.05, 4.69) is 40.3 Å². The highest BCUT2D eigenvalue weighted by Gasteiger charge is 2.24. The van der Waals surface area contributed by atoms with Gasteiger partial charge in [0.25, 0.3) is 0 Å². The van der Waals surface area contributed by atoms with Crippen molar-refractivity contribution in [2.45, 2.75) is 25.6 Å². The van der Waals surface area contributed by atoms with Crippen molar-refractivity contribution in [3.63, 3.8) is 0 Å². The molecule has 1 saturated heterocycles. The first kappa shape index (κ1) is 14.0. The van der Waals surface area contributed by atoms with Crippen molar-refractivity contribution < 1.29 is 9.47 Å². The summed E-state index contributed by atoms with van der Waals surface area (Å²) in [6.07, 6.45) is 1.48. The highest BCUT2D eigenvalue weighted by atomic mass is 79.9. The quantitative estimate of drug-likeness (QED) is 0.785. The minimum atomic E-state index is 0.1000. The number of rotatable bonds is 7. The summed E-state index contributed by atoms with van der Waals surface area (Å²) < 4.78 is 12.3. The zero-order valence-electron chi connectivity index (χ0n) is 10.7. The van der Waals surface area contributed by atoms with E-state index in [0.29, 0.717) is 0 Å². The van der Waals surface area contributed by atoms with E-state index in [9.17, 15) is 0 Å². The molecule has 4 heteroatoms. The van der Waals surface area contributed by atoms with Crippen LogP contribution < -0.4 is 5.32 Å². The molecule has 0 spiro atoms. The van der Waals surface area contributed by atoms with Gasteiger partial charge in [0.05, 0.1) is 19.3 Å². The second-order valence-electron chi connectivity index (χ2n) is 4.54. The van der Waals surface area contributed by atoms with E-state index in [1.165, 1.54) is 5.56 Å². The Hall–Kier alpha value is -0.420. The van der Waals surface area contributed by atoms with Crippen LogP contribution in [0.25, 0.3) is 0 Å². The zero-order valence-corrected chi connectivity index (χ0v) is 12.3. The summed E-state index contributed by atoms with van der Waals surface area (Å²) >= 11 is 3.51. The highest BCUT2D eigenvalue weighted by molar-refractivity contribution is 9.10. The molecule has 1 aromatic carbocycles. The van der Waals surface area contributed by atoms with Gasteiger partial charge in [-0.3, -0.25) is 0 Å². The largest absolute Gasteiger partial charge is 0.376 e. The second kappa shape index (κ2) is 7.24. The van der Waals surface area contributed by atoms with Crippen molar-refractivity contribution in [1.82, 2.24) is 5.32 Å². The molecule has 1 aromatic rings. The predicted molar refractivity (Wildman–Crippen MR) is 75.7 cm³/mol. The Bertz CT molecular complexity index is 369. The molecule has 1 fully saturated rings. The number of hydrogen-bond donors (Lipinski definition) is 1. The van der Waals surface area contributed by atoms with Crippen LogP contribution in [0.2, 0.25) is 0 Å². The van der Waals surface area contributed by atoms with Gasteiger partial charge in [-0.05, 0) is 30.7 Å². The fourth-order valence-electron chi connectivity index (χ4n) is 1.89. The number of ether oxygens (including phenoxy) is 2. The van der Waals surface area contributed by atoms with Crippen molar-refractivity contribution >= 4 is 15.9 Å². The smallest absolute Gasteiger partial charge is 0.105 e. The Morgan fingerprint density at radius 1 is 1.50 bits per heavy atom. The first-order chi connectivity index (χ1) is 8.79. The van der Waals surface area contributed by atoms with E-state index < -0.39 is 0 Å². The Morgan fingerprint density at radius 3 is 2.94 bits per heavy atom. The monoisotopic (exact) mass is 313 g/mol. The third-order valence-corrected chi connectivity index (χ3v) is 3.43. The second-order valence-corrected chi connectivity index (χ2v) is 5.46. The van der Waals surface area contributed by atoms with Crippen LogP contribution in [0.5, 0.6) is 0 Å². The van der Waals surface area contributed by atoms with Crippen LogP contribution in [-0.4, -0.2) is 32.4 Å². The summed E-state index contributed by atoms with van der Waals surface area (Å²) in [5.41, 5.74) is 1.21. The molecule has 1 heterocycles. The standard InChI is InChI=1S/C14H20BrNO2/c1-2-6-16-8-14(18-13-9-17-10-13)11-4-3-5-12(15)7-11/h3-5,7,13-14,16H,2,6,8-10H2,1H3. The summed E-state index contributed by atoms with van der Waals surface area (Å²) in [6.45, 7) is 5.48. The minimum Gasteiger partial charge on any atom is -0.376 e. The lowest BCUT2D eigenvalue weighted by Gasteiger charge is -2.31. The molecule has 3 nitrogen and oxygen atoms in total. The fraction of sp³-hybridized carbons (Fsp3) is 0.571. The fourth-order valence-corrected chi connectivity index (χ4v) is 2.30. The Kier molecular flexibility index (Phi) is 5.63. The molecule has 1 aliphatic rings. The molecule has 0 bridgehead atoms. The molecule has 0 aromatic heterocycles. The van der Waals surface area contributed by atoms with Gasteiger partial charge in [-0.2, -0.15) is 0 Å². The third kappa shape index (κ3) is 4.05. The lowest BCUT2D eigenvalue weighted by Crippen LogP contribution is -2.39. The van der Waals surface area contributed by atoms with Crippen LogP contribution in [0.1, 0.15) is 25.0 Å². The van der Waals surface area contributed by atoms with E-state index in [1.807, 2.05) is 12.1 Å². The Morgan fingerprint density at radius 2 is 2.33 bits per heavy atom. The maximum Gasteiger partial charge on any atom is 0.105 e. The van der Waals surface area contributed by atoms with Gasteiger partial charge in [0, 0.05) is 11.0 Å². The zero-order chi connectivity index (χ0) is 12.8. The van der Waals surface area contributed by atoms with Gasteiger partial charge in [-0.15, -0.1) is 0 Å². The van der Waals surface area contributed by atoms with Crippen LogP contribution >= 0.6 is 15.9 Å². The number of hydrogen-bond acceptors (Lipinski definition) is 3. The molecule has 18 heavy (non-hydrogen) atoms. The molecule has 0 saturated carbocycles. The molecule has 0 aliphatic carbocycles. The highest BCUT2D eigenvalue weighted by Crippen LogP contribution is 2.24. The maximum absolute atomic E-state index is 6.07. The van der Waals surface area contributed by atoms with E-state index in [0.717, 1.165) is 37.2 Å². The van der Waals surface area contributed by atoms with Gasteiger partial charge < -0.3 is 14.8 Å². The number of benzene rings is 1.